The number of halogens is 4. The summed E-state index contributed by atoms with van der Waals surface area (Å²) in [5.74, 6) is -0.165. The van der Waals surface area contributed by atoms with Crippen molar-refractivity contribution in [2.45, 2.75) is 37.3 Å². The van der Waals surface area contributed by atoms with Crippen molar-refractivity contribution in [3.05, 3.63) is 54.4 Å². The maximum absolute atomic E-state index is 14.5. The molecule has 0 bridgehead atoms. The fraction of sp³-hybridized carbons (Fsp3) is 0.462. The molecule has 2 fully saturated rings. The van der Waals surface area contributed by atoms with Crippen LogP contribution in [0.1, 0.15) is 36.8 Å². The van der Waals surface area contributed by atoms with Gasteiger partial charge in [0.25, 0.3) is 0 Å². The lowest BCUT2D eigenvalue weighted by Crippen LogP contribution is -2.43. The molecule has 3 rings (SSSR count). The number of hydrogen-bond acceptors (Lipinski definition) is 6. The minimum Gasteiger partial charge on any atom is -0.487 e. The van der Waals surface area contributed by atoms with E-state index in [1.165, 1.54) is 18.2 Å². The molecular formula is C26H37F4N5O3. The average Bonchev–Trinajstić information content (AvgIpc) is 3.28. The standard InChI is InChI=1S/C26H33F4N5O2.H2O.H2/c1-6-19-20(17(3)37-23-10-12-34(4)15-21(23)27)14-18(32-24(19)16(2)26(28,29)30)8-7-11-31-25(36)22-9-13-35(5)33-22;;/h6-8,14,21-23,33H,1-3,9-13,15H2,4-5H3,(H,31,36);1H2;1H/b8-7+;;/t21-,22?,23+;;/m0../s1. The number of nitrogens with zero attached hydrogens (tertiary/aromatic N) is 3. The van der Waals surface area contributed by atoms with Crippen LogP contribution in [0.4, 0.5) is 17.6 Å². The van der Waals surface area contributed by atoms with Crippen molar-refractivity contribution in [1.82, 2.24) is 25.6 Å². The summed E-state index contributed by atoms with van der Waals surface area (Å²) >= 11 is 0. The molecule has 8 nitrogen and oxygen atoms in total. The van der Waals surface area contributed by atoms with Gasteiger partial charge in [0.1, 0.15) is 24.1 Å². The monoisotopic (exact) mass is 543 g/mol. The second-order valence-electron chi connectivity index (χ2n) is 9.22. The van der Waals surface area contributed by atoms with Gasteiger partial charge in [-0.3, -0.25) is 4.79 Å². The number of alkyl halides is 4. The minimum absolute atomic E-state index is 0. The molecule has 1 aromatic heterocycles. The summed E-state index contributed by atoms with van der Waals surface area (Å²) in [6, 6.07) is 1.16. The topological polar surface area (TPSA) is 101 Å². The number of nitrogens with one attached hydrogen (secondary N) is 2. The summed E-state index contributed by atoms with van der Waals surface area (Å²) in [5, 5.41) is 4.58. The molecule has 3 atom stereocenters. The first-order chi connectivity index (χ1) is 17.4. The van der Waals surface area contributed by atoms with Gasteiger partial charge in [-0.25, -0.2) is 19.8 Å². The van der Waals surface area contributed by atoms with E-state index in [0.717, 1.165) is 6.54 Å². The molecule has 4 N–H and O–H groups in total. The van der Waals surface area contributed by atoms with Crippen LogP contribution >= 0.6 is 0 Å². The van der Waals surface area contributed by atoms with Gasteiger partial charge in [0.05, 0.1) is 17.0 Å². The number of amides is 1. The number of likely N-dealkylation sites (tertiary alicyclic amines) is 1. The van der Waals surface area contributed by atoms with E-state index in [2.05, 4.69) is 35.5 Å². The summed E-state index contributed by atoms with van der Waals surface area (Å²) in [6.45, 7) is 12.4. The Hall–Kier alpha value is -3.06. The van der Waals surface area contributed by atoms with Crippen molar-refractivity contribution in [3.63, 3.8) is 0 Å². The van der Waals surface area contributed by atoms with E-state index < -0.39 is 29.7 Å². The molecule has 0 saturated carbocycles. The van der Waals surface area contributed by atoms with Crippen molar-refractivity contribution < 1.29 is 34.0 Å². The van der Waals surface area contributed by atoms with Crippen LogP contribution < -0.4 is 10.7 Å². The maximum atomic E-state index is 14.5. The lowest BCUT2D eigenvalue weighted by atomic mass is 9.98. The van der Waals surface area contributed by atoms with E-state index in [1.54, 1.807) is 13.1 Å². The Morgan fingerprint density at radius 1 is 1.32 bits per heavy atom. The normalized spacial score (nSPS) is 22.6. The number of aromatic nitrogens is 1. The predicted molar refractivity (Wildman–Crippen MR) is 142 cm³/mol. The number of rotatable bonds is 9. The second-order valence-corrected chi connectivity index (χ2v) is 9.22. The highest BCUT2D eigenvalue weighted by Crippen LogP contribution is 2.37. The summed E-state index contributed by atoms with van der Waals surface area (Å²) < 4.78 is 61.1. The molecule has 1 unspecified atom stereocenters. The molecule has 212 valence electrons. The van der Waals surface area contributed by atoms with Crippen molar-refractivity contribution in [2.75, 3.05) is 40.3 Å². The van der Waals surface area contributed by atoms with Crippen molar-refractivity contribution in [3.8, 4) is 0 Å². The number of pyridine rings is 1. The smallest absolute Gasteiger partial charge is 0.417 e. The summed E-state index contributed by atoms with van der Waals surface area (Å²) in [7, 11) is 3.64. The number of allylic oxidation sites excluding steroid dienone is 1. The van der Waals surface area contributed by atoms with Crippen LogP contribution in [0.2, 0.25) is 0 Å². The molecule has 1 amide bonds. The Morgan fingerprint density at radius 3 is 2.61 bits per heavy atom. The van der Waals surface area contributed by atoms with E-state index in [0.29, 0.717) is 19.4 Å². The van der Waals surface area contributed by atoms with E-state index >= 15 is 0 Å². The summed E-state index contributed by atoms with van der Waals surface area (Å²) in [4.78, 5) is 18.2. The first-order valence-electron chi connectivity index (χ1n) is 11.9. The van der Waals surface area contributed by atoms with Crippen molar-refractivity contribution in [1.29, 1.82) is 0 Å². The quantitative estimate of drug-likeness (QED) is 0.367. The van der Waals surface area contributed by atoms with Gasteiger partial charge in [-0.05, 0) is 32.0 Å². The third-order valence-corrected chi connectivity index (χ3v) is 6.32. The zero-order chi connectivity index (χ0) is 27.3. The first-order valence-corrected chi connectivity index (χ1v) is 11.9. The Bertz CT molecular complexity index is 1080. The van der Waals surface area contributed by atoms with Crippen LogP contribution in [0.15, 0.2) is 31.9 Å². The van der Waals surface area contributed by atoms with Gasteiger partial charge in [0, 0.05) is 45.8 Å². The Morgan fingerprint density at radius 2 is 2.03 bits per heavy atom. The Kier molecular flexibility index (Phi) is 10.8. The van der Waals surface area contributed by atoms with Gasteiger partial charge in [-0.15, -0.1) is 0 Å². The number of ether oxygens (including phenoxy) is 1. The molecule has 0 aromatic carbocycles. The molecule has 3 heterocycles. The Balaban J connectivity index is 0.00000380. The number of hydrazine groups is 1. The molecule has 1 aromatic rings. The molecule has 2 saturated heterocycles. The van der Waals surface area contributed by atoms with Crippen molar-refractivity contribution >= 4 is 29.4 Å². The zero-order valence-electron chi connectivity index (χ0n) is 21.6. The lowest BCUT2D eigenvalue weighted by Gasteiger charge is -2.33. The average molecular weight is 544 g/mol. The van der Waals surface area contributed by atoms with Crippen molar-refractivity contribution in [2.24, 2.45) is 0 Å². The van der Waals surface area contributed by atoms with Gasteiger partial charge in [0.15, 0.2) is 0 Å². The number of carbonyl (C=O) groups excluding carboxylic acids is 1. The fourth-order valence-corrected chi connectivity index (χ4v) is 4.25. The van der Waals surface area contributed by atoms with Crippen LogP contribution in [0.5, 0.6) is 0 Å². The minimum atomic E-state index is -4.74. The molecule has 0 radical (unpaired) electrons. The van der Waals surface area contributed by atoms with Crippen LogP contribution in [0, 0.1) is 0 Å². The number of hydrogen-bond donors (Lipinski definition) is 2. The van der Waals surface area contributed by atoms with Gasteiger partial charge < -0.3 is 20.4 Å². The largest absolute Gasteiger partial charge is 0.487 e. The third-order valence-electron chi connectivity index (χ3n) is 6.32. The highest BCUT2D eigenvalue weighted by atomic mass is 19.4. The lowest BCUT2D eigenvalue weighted by molar-refractivity contribution is -0.123. The highest BCUT2D eigenvalue weighted by molar-refractivity contribution is 5.82. The fourth-order valence-electron chi connectivity index (χ4n) is 4.25. The van der Waals surface area contributed by atoms with E-state index in [9.17, 15) is 22.4 Å². The molecule has 0 spiro atoms. The zero-order valence-corrected chi connectivity index (χ0v) is 21.6. The second kappa shape index (κ2) is 13.1. The van der Waals surface area contributed by atoms with Gasteiger partial charge in [-0.2, -0.15) is 13.2 Å². The van der Waals surface area contributed by atoms with Gasteiger partial charge in [-0.1, -0.05) is 31.9 Å². The molecule has 12 heteroatoms. The Labute approximate surface area is 221 Å². The molecule has 38 heavy (non-hydrogen) atoms. The summed E-state index contributed by atoms with van der Waals surface area (Å²) in [6.07, 6.45) is -1.42. The number of carbonyl (C=O) groups is 1. The van der Waals surface area contributed by atoms with E-state index in [1.807, 2.05) is 17.0 Å². The van der Waals surface area contributed by atoms with Gasteiger partial charge in [0.2, 0.25) is 5.91 Å². The van der Waals surface area contributed by atoms with Gasteiger partial charge >= 0.3 is 6.18 Å². The first kappa shape index (κ1) is 31.2. The molecular weight excluding hydrogens is 506 g/mol. The summed E-state index contributed by atoms with van der Waals surface area (Å²) in [5.41, 5.74) is 1.86. The SMILES string of the molecule is C=Cc1c(C(=C)O[C@@H]2CCN(C)C[C@@H]2F)cc(/C=C/CNC(=O)C2CCN(C)N2)nc1C(=C)C(F)(F)F.O.[HH]. The third kappa shape index (κ3) is 7.73. The van der Waals surface area contributed by atoms with Crippen LogP contribution in [0.3, 0.4) is 0 Å². The number of piperidine rings is 1. The highest BCUT2D eigenvalue weighted by Gasteiger charge is 2.36. The van der Waals surface area contributed by atoms with Crippen LogP contribution in [-0.4, -0.2) is 91.0 Å². The molecule has 2 aliphatic rings. The van der Waals surface area contributed by atoms with Crippen LogP contribution in [0.25, 0.3) is 23.5 Å². The van der Waals surface area contributed by atoms with Crippen LogP contribution in [-0.2, 0) is 9.53 Å². The van der Waals surface area contributed by atoms with E-state index in [-0.39, 0.29) is 54.5 Å². The molecule has 2 aliphatic heterocycles. The van der Waals surface area contributed by atoms with E-state index in [4.69, 9.17) is 4.74 Å². The predicted octanol–water partition coefficient (Wildman–Crippen LogP) is 3.09. The maximum Gasteiger partial charge on any atom is 0.417 e. The molecule has 0 aliphatic carbocycles.